The lowest BCUT2D eigenvalue weighted by Gasteiger charge is -2.19. The molecule has 0 heterocycles. The normalized spacial score (nSPS) is 12.8. The van der Waals surface area contributed by atoms with Gasteiger partial charge in [-0.1, -0.05) is 0 Å². The van der Waals surface area contributed by atoms with E-state index in [0.29, 0.717) is 18.6 Å². The Kier molecular flexibility index (Phi) is 7.97. The summed E-state index contributed by atoms with van der Waals surface area (Å²) in [7, 11) is 0. The van der Waals surface area contributed by atoms with E-state index in [9.17, 15) is 14.4 Å². The molecule has 0 aliphatic rings. The van der Waals surface area contributed by atoms with Crippen molar-refractivity contribution in [3.8, 4) is 0 Å². The number of isocyanates is 2. The van der Waals surface area contributed by atoms with Crippen LogP contribution in [0.25, 0.3) is 0 Å². The molecule has 0 unspecified atom stereocenters. The maximum atomic E-state index is 11.7. The zero-order valence-corrected chi connectivity index (χ0v) is 10.4. The highest BCUT2D eigenvalue weighted by atomic mass is 32.1. The third-order valence-corrected chi connectivity index (χ3v) is 2.31. The zero-order valence-electron chi connectivity index (χ0n) is 9.51. The van der Waals surface area contributed by atoms with Crippen LogP contribution in [0.15, 0.2) is 9.98 Å². The van der Waals surface area contributed by atoms with Gasteiger partial charge in [0, 0.05) is 6.42 Å². The molecule has 0 saturated heterocycles. The average molecular weight is 258 g/mol. The second-order valence-corrected chi connectivity index (χ2v) is 3.57. The molecular formula is C10H14N2O4S. The van der Waals surface area contributed by atoms with Gasteiger partial charge in [0.1, 0.15) is 0 Å². The predicted molar refractivity (Wildman–Crippen MR) is 63.3 cm³/mol. The van der Waals surface area contributed by atoms with E-state index >= 15 is 0 Å². The van der Waals surface area contributed by atoms with Crippen molar-refractivity contribution in [2.24, 2.45) is 9.98 Å². The van der Waals surface area contributed by atoms with E-state index in [1.54, 1.807) is 6.92 Å². The first kappa shape index (κ1) is 15.6. The number of carbonyl (C=O) groups excluding carboxylic acids is 3. The molecule has 17 heavy (non-hydrogen) atoms. The van der Waals surface area contributed by atoms with Gasteiger partial charge in [0.25, 0.3) is 5.66 Å². The second-order valence-electron chi connectivity index (χ2n) is 3.12. The molecule has 0 atom stereocenters. The summed E-state index contributed by atoms with van der Waals surface area (Å²) in [5, 5.41) is 0. The number of nitrogens with zero attached hydrogens (tertiary/aromatic N) is 2. The summed E-state index contributed by atoms with van der Waals surface area (Å²) in [6, 6.07) is 0. The molecule has 0 aliphatic heterocycles. The number of hydrogen-bond acceptors (Lipinski definition) is 7. The van der Waals surface area contributed by atoms with Gasteiger partial charge in [0.2, 0.25) is 12.2 Å². The van der Waals surface area contributed by atoms with Crippen LogP contribution in [-0.4, -0.2) is 36.2 Å². The minimum atomic E-state index is -1.83. The Bertz CT molecular complexity index is 328. The van der Waals surface area contributed by atoms with E-state index in [2.05, 4.69) is 22.6 Å². The minimum absolute atomic E-state index is 0.0941. The summed E-state index contributed by atoms with van der Waals surface area (Å²) >= 11 is 4.02. The molecule has 94 valence electrons. The molecule has 0 bridgehead atoms. The first-order chi connectivity index (χ1) is 8.16. The molecule has 7 heteroatoms. The van der Waals surface area contributed by atoms with E-state index in [4.69, 9.17) is 4.74 Å². The molecule has 0 N–H and O–H groups in total. The van der Waals surface area contributed by atoms with Crippen LogP contribution in [0.3, 0.4) is 0 Å². The van der Waals surface area contributed by atoms with E-state index in [-0.39, 0.29) is 13.0 Å². The van der Waals surface area contributed by atoms with Crippen LogP contribution in [0.4, 0.5) is 0 Å². The first-order valence-electron chi connectivity index (χ1n) is 5.13. The van der Waals surface area contributed by atoms with Gasteiger partial charge in [-0.3, -0.25) is 0 Å². The summed E-state index contributed by atoms with van der Waals surface area (Å²) < 4.78 is 4.74. The Morgan fingerprint density at radius 2 is 1.88 bits per heavy atom. The van der Waals surface area contributed by atoms with E-state index < -0.39 is 11.6 Å². The van der Waals surface area contributed by atoms with Crippen LogP contribution in [0.5, 0.6) is 0 Å². The van der Waals surface area contributed by atoms with Gasteiger partial charge in [-0.05, 0) is 25.5 Å². The number of hydrogen-bond donors (Lipinski definition) is 1. The number of carbonyl (C=O) groups is 1. The van der Waals surface area contributed by atoms with Crippen LogP contribution in [-0.2, 0) is 19.1 Å². The lowest BCUT2D eigenvalue weighted by molar-refractivity contribution is -0.149. The maximum absolute atomic E-state index is 11.7. The topological polar surface area (TPSA) is 85.2 Å². The first-order valence-corrected chi connectivity index (χ1v) is 5.76. The number of rotatable bonds is 8. The van der Waals surface area contributed by atoms with E-state index in [1.807, 2.05) is 0 Å². The maximum Gasteiger partial charge on any atom is 0.358 e. The van der Waals surface area contributed by atoms with Crippen LogP contribution >= 0.6 is 12.6 Å². The van der Waals surface area contributed by atoms with Crippen molar-refractivity contribution in [3.05, 3.63) is 0 Å². The van der Waals surface area contributed by atoms with Crippen molar-refractivity contribution in [2.75, 3.05) is 12.4 Å². The van der Waals surface area contributed by atoms with Gasteiger partial charge in [-0.25, -0.2) is 14.4 Å². The van der Waals surface area contributed by atoms with E-state index in [0.717, 1.165) is 0 Å². The molecule has 0 amide bonds. The van der Waals surface area contributed by atoms with Crippen LogP contribution < -0.4 is 0 Å². The van der Waals surface area contributed by atoms with Crippen molar-refractivity contribution in [2.45, 2.75) is 31.8 Å². The molecule has 0 radical (unpaired) electrons. The van der Waals surface area contributed by atoms with Crippen molar-refractivity contribution in [3.63, 3.8) is 0 Å². The van der Waals surface area contributed by atoms with Crippen molar-refractivity contribution in [1.82, 2.24) is 0 Å². The molecule has 6 nitrogen and oxygen atoms in total. The van der Waals surface area contributed by atoms with Gasteiger partial charge in [-0.15, -0.1) is 0 Å². The molecule has 0 aliphatic carbocycles. The number of esters is 1. The highest BCUT2D eigenvalue weighted by molar-refractivity contribution is 7.80. The molecule has 0 rings (SSSR count). The largest absolute Gasteiger partial charge is 0.463 e. The highest BCUT2D eigenvalue weighted by Gasteiger charge is 2.39. The fourth-order valence-electron chi connectivity index (χ4n) is 1.21. The Hall–Kier alpha value is -1.42. The number of thiol groups is 1. The van der Waals surface area contributed by atoms with Gasteiger partial charge in [0.15, 0.2) is 0 Å². The zero-order chi connectivity index (χ0) is 13.1. The Morgan fingerprint density at radius 3 is 2.29 bits per heavy atom. The molecule has 0 aromatic rings. The third-order valence-electron chi connectivity index (χ3n) is 2.00. The lowest BCUT2D eigenvalue weighted by Crippen LogP contribution is -2.36. The number of unbranched alkanes of at least 4 members (excludes halogenated alkanes) is 1. The van der Waals surface area contributed by atoms with Gasteiger partial charge in [-0.2, -0.15) is 22.6 Å². The van der Waals surface area contributed by atoms with Crippen molar-refractivity contribution < 1.29 is 19.1 Å². The highest BCUT2D eigenvalue weighted by Crippen LogP contribution is 2.22. The molecule has 0 fully saturated rings. The summed E-state index contributed by atoms with van der Waals surface area (Å²) in [6.45, 7) is 1.71. The van der Waals surface area contributed by atoms with Crippen LogP contribution in [0, 0.1) is 0 Å². The lowest BCUT2D eigenvalue weighted by atomic mass is 10.0. The second kappa shape index (κ2) is 8.70. The summed E-state index contributed by atoms with van der Waals surface area (Å²) in [5.41, 5.74) is -1.83. The number of ether oxygens (including phenoxy) is 1. The van der Waals surface area contributed by atoms with Crippen molar-refractivity contribution in [1.29, 1.82) is 0 Å². The molecule has 0 aromatic carbocycles. The fraction of sp³-hybridized carbons (Fsp3) is 0.700. The molecule has 0 spiro atoms. The van der Waals surface area contributed by atoms with Crippen LogP contribution in [0.1, 0.15) is 26.2 Å². The van der Waals surface area contributed by atoms with E-state index in [1.165, 1.54) is 12.2 Å². The summed E-state index contributed by atoms with van der Waals surface area (Å²) in [5.74, 6) is -0.222. The van der Waals surface area contributed by atoms with Crippen LogP contribution in [0.2, 0.25) is 0 Å². The van der Waals surface area contributed by atoms with Gasteiger partial charge in [0.05, 0.1) is 6.61 Å². The molecule has 0 aromatic heterocycles. The third kappa shape index (κ3) is 4.95. The Balaban J connectivity index is 5.04. The Morgan fingerprint density at radius 1 is 1.29 bits per heavy atom. The minimum Gasteiger partial charge on any atom is -0.463 e. The van der Waals surface area contributed by atoms with Gasteiger partial charge < -0.3 is 4.74 Å². The quantitative estimate of drug-likeness (QED) is 0.231. The fourth-order valence-corrected chi connectivity index (χ4v) is 1.43. The summed E-state index contributed by atoms with van der Waals surface area (Å²) in [4.78, 5) is 38.9. The monoisotopic (exact) mass is 258 g/mol. The SMILES string of the molecule is CCOC(=O)C(CCCCS)(N=C=O)N=C=O. The summed E-state index contributed by atoms with van der Waals surface area (Å²) in [6.07, 6.45) is 3.81. The molecular weight excluding hydrogens is 244 g/mol. The number of aliphatic imine (C=N–C) groups is 2. The van der Waals surface area contributed by atoms with Gasteiger partial charge >= 0.3 is 5.97 Å². The standard InChI is InChI=1S/C10H14N2O4S/c1-2-16-9(15)10(11-7-13,12-8-14)5-3-4-6-17/h17H,2-6H2,1H3. The van der Waals surface area contributed by atoms with Crippen molar-refractivity contribution >= 4 is 30.8 Å². The average Bonchev–Trinajstić information content (AvgIpc) is 2.30. The Labute approximate surface area is 105 Å². The smallest absolute Gasteiger partial charge is 0.358 e. The predicted octanol–water partition coefficient (Wildman–Crippen LogP) is 1.02. The molecule has 0 saturated carbocycles.